The Hall–Kier alpha value is -2.09. The molecule has 4 heterocycles. The van der Waals surface area contributed by atoms with Crippen molar-refractivity contribution in [3.8, 4) is 10.6 Å². The number of aromatic nitrogens is 2. The standard InChI is InChI=1S/C18H18N4OS2/c1-4-14(10-19-7-1)11-21-22-16(17-6-3-9-24-17)13-25-18(22)20-12-15-5-2-8-23-15/h1,3-4,6-7,9-11,13,15H,2,5,8,12H2/b20-18?,21-11-/t15-/m1/s1. The Labute approximate surface area is 154 Å². The second-order valence-corrected chi connectivity index (χ2v) is 7.48. The molecule has 3 aromatic rings. The Morgan fingerprint density at radius 3 is 3.08 bits per heavy atom. The minimum atomic E-state index is 0.239. The van der Waals surface area contributed by atoms with Crippen LogP contribution in [-0.4, -0.2) is 35.1 Å². The Morgan fingerprint density at radius 2 is 2.32 bits per heavy atom. The molecule has 7 heteroatoms. The highest BCUT2D eigenvalue weighted by Crippen LogP contribution is 2.25. The number of thiazole rings is 1. The predicted molar refractivity (Wildman–Crippen MR) is 102 cm³/mol. The van der Waals surface area contributed by atoms with Crippen molar-refractivity contribution in [2.75, 3.05) is 13.2 Å². The number of nitrogens with zero attached hydrogens (tertiary/aromatic N) is 4. The topological polar surface area (TPSA) is 51.8 Å². The molecule has 1 atom stereocenters. The summed E-state index contributed by atoms with van der Waals surface area (Å²) in [6.07, 6.45) is 7.83. The molecule has 0 saturated carbocycles. The maximum atomic E-state index is 5.68. The minimum absolute atomic E-state index is 0.239. The van der Waals surface area contributed by atoms with Gasteiger partial charge in [-0.1, -0.05) is 12.1 Å². The molecule has 1 fully saturated rings. The van der Waals surface area contributed by atoms with E-state index in [0.29, 0.717) is 6.54 Å². The average Bonchev–Trinajstić information content (AvgIpc) is 3.40. The van der Waals surface area contributed by atoms with Crippen LogP contribution >= 0.6 is 22.7 Å². The van der Waals surface area contributed by atoms with Gasteiger partial charge in [0.05, 0.1) is 29.4 Å². The van der Waals surface area contributed by atoms with Crippen LogP contribution in [0.4, 0.5) is 0 Å². The van der Waals surface area contributed by atoms with Gasteiger partial charge in [0.1, 0.15) is 0 Å². The quantitative estimate of drug-likeness (QED) is 0.644. The molecule has 3 aromatic heterocycles. The van der Waals surface area contributed by atoms with Crippen molar-refractivity contribution >= 4 is 28.9 Å². The first kappa shape index (κ1) is 16.4. The zero-order valence-corrected chi connectivity index (χ0v) is 15.2. The van der Waals surface area contributed by atoms with Crippen molar-refractivity contribution in [1.82, 2.24) is 9.66 Å². The number of rotatable bonds is 5. The van der Waals surface area contributed by atoms with Crippen molar-refractivity contribution in [1.29, 1.82) is 0 Å². The number of pyridine rings is 1. The summed E-state index contributed by atoms with van der Waals surface area (Å²) in [6.45, 7) is 1.54. The van der Waals surface area contributed by atoms with E-state index in [1.807, 2.05) is 23.0 Å². The highest BCUT2D eigenvalue weighted by Gasteiger charge is 2.15. The zero-order chi connectivity index (χ0) is 16.9. The Bertz CT molecular complexity index is 891. The first-order valence-corrected chi connectivity index (χ1v) is 9.97. The molecule has 128 valence electrons. The lowest BCUT2D eigenvalue weighted by Crippen LogP contribution is -2.17. The molecule has 0 amide bonds. The highest BCUT2D eigenvalue weighted by atomic mass is 32.1. The number of thiophene rings is 1. The third-order valence-electron chi connectivity index (χ3n) is 3.92. The molecule has 1 aliphatic heterocycles. The molecular formula is C18H18N4OS2. The van der Waals surface area contributed by atoms with E-state index >= 15 is 0 Å². The summed E-state index contributed by atoms with van der Waals surface area (Å²) in [5.74, 6) is 0. The van der Waals surface area contributed by atoms with E-state index in [9.17, 15) is 0 Å². The summed E-state index contributed by atoms with van der Waals surface area (Å²) in [6, 6.07) is 8.04. The van der Waals surface area contributed by atoms with Gasteiger partial charge < -0.3 is 4.74 Å². The SMILES string of the molecule is C(=N/n1c(-c2cccs2)csc1=NC[C@H]1CCCO1)/c1cccnc1. The van der Waals surface area contributed by atoms with Crippen molar-refractivity contribution in [3.05, 3.63) is 57.8 Å². The van der Waals surface area contributed by atoms with Crippen molar-refractivity contribution < 1.29 is 4.74 Å². The van der Waals surface area contributed by atoms with Crippen LogP contribution in [0.5, 0.6) is 0 Å². The lowest BCUT2D eigenvalue weighted by atomic mass is 10.2. The summed E-state index contributed by atoms with van der Waals surface area (Å²) in [5, 5.41) is 8.86. The predicted octanol–water partition coefficient (Wildman–Crippen LogP) is 3.64. The molecule has 4 rings (SSSR count). The average molecular weight is 371 g/mol. The minimum Gasteiger partial charge on any atom is -0.376 e. The van der Waals surface area contributed by atoms with E-state index < -0.39 is 0 Å². The van der Waals surface area contributed by atoms with Crippen LogP contribution in [0.3, 0.4) is 0 Å². The molecule has 0 unspecified atom stereocenters. The van der Waals surface area contributed by atoms with Crippen LogP contribution in [0.2, 0.25) is 0 Å². The summed E-state index contributed by atoms with van der Waals surface area (Å²) in [7, 11) is 0. The molecular weight excluding hydrogens is 352 g/mol. The fourth-order valence-corrected chi connectivity index (χ4v) is 4.30. The van der Waals surface area contributed by atoms with Gasteiger partial charge in [-0.3, -0.25) is 9.98 Å². The van der Waals surface area contributed by atoms with Crippen molar-refractivity contribution in [2.45, 2.75) is 18.9 Å². The van der Waals surface area contributed by atoms with E-state index in [1.54, 1.807) is 35.1 Å². The summed E-state index contributed by atoms with van der Waals surface area (Å²) >= 11 is 3.31. The largest absolute Gasteiger partial charge is 0.376 e. The van der Waals surface area contributed by atoms with Gasteiger partial charge in [0, 0.05) is 29.9 Å². The Kier molecular flexibility index (Phi) is 5.15. The van der Waals surface area contributed by atoms with Crippen molar-refractivity contribution in [2.24, 2.45) is 10.1 Å². The summed E-state index contributed by atoms with van der Waals surface area (Å²) < 4.78 is 7.59. The smallest absolute Gasteiger partial charge is 0.206 e. The third-order valence-corrected chi connectivity index (χ3v) is 5.67. The first-order valence-electron chi connectivity index (χ1n) is 8.21. The molecule has 0 N–H and O–H groups in total. The van der Waals surface area contributed by atoms with E-state index in [4.69, 9.17) is 9.73 Å². The Balaban J connectivity index is 1.69. The molecule has 0 aromatic carbocycles. The van der Waals surface area contributed by atoms with Gasteiger partial charge in [0.2, 0.25) is 4.80 Å². The van der Waals surface area contributed by atoms with Crippen LogP contribution in [-0.2, 0) is 4.74 Å². The molecule has 0 radical (unpaired) electrons. The third kappa shape index (κ3) is 3.95. The van der Waals surface area contributed by atoms with Gasteiger partial charge in [-0.25, -0.2) is 4.68 Å². The van der Waals surface area contributed by atoms with Gasteiger partial charge in [0.25, 0.3) is 0 Å². The van der Waals surface area contributed by atoms with Crippen LogP contribution in [0, 0.1) is 0 Å². The lowest BCUT2D eigenvalue weighted by Gasteiger charge is -2.04. The highest BCUT2D eigenvalue weighted by molar-refractivity contribution is 7.14. The van der Waals surface area contributed by atoms with Crippen LogP contribution in [0.15, 0.2) is 57.5 Å². The monoisotopic (exact) mass is 370 g/mol. The van der Waals surface area contributed by atoms with Crippen LogP contribution < -0.4 is 4.80 Å². The summed E-state index contributed by atoms with van der Waals surface area (Å²) in [4.78, 5) is 11.0. The fraction of sp³-hybridized carbons (Fsp3) is 0.278. The van der Waals surface area contributed by atoms with E-state index in [2.05, 4.69) is 33.0 Å². The lowest BCUT2D eigenvalue weighted by molar-refractivity contribution is 0.117. The van der Waals surface area contributed by atoms with Crippen LogP contribution in [0.25, 0.3) is 10.6 Å². The fourth-order valence-electron chi connectivity index (χ4n) is 2.66. The van der Waals surface area contributed by atoms with Gasteiger partial charge in [-0.05, 0) is 30.4 Å². The summed E-state index contributed by atoms with van der Waals surface area (Å²) in [5.41, 5.74) is 2.02. The molecule has 0 bridgehead atoms. The van der Waals surface area contributed by atoms with Crippen molar-refractivity contribution in [3.63, 3.8) is 0 Å². The van der Waals surface area contributed by atoms with E-state index in [1.165, 1.54) is 4.88 Å². The molecule has 1 saturated heterocycles. The Morgan fingerprint density at radius 1 is 1.32 bits per heavy atom. The van der Waals surface area contributed by atoms with E-state index in [-0.39, 0.29) is 6.10 Å². The van der Waals surface area contributed by atoms with E-state index in [0.717, 1.165) is 35.5 Å². The molecule has 25 heavy (non-hydrogen) atoms. The zero-order valence-electron chi connectivity index (χ0n) is 13.6. The second-order valence-electron chi connectivity index (χ2n) is 5.70. The van der Waals surface area contributed by atoms with Gasteiger partial charge in [-0.15, -0.1) is 22.7 Å². The van der Waals surface area contributed by atoms with Gasteiger partial charge >= 0.3 is 0 Å². The first-order chi connectivity index (χ1) is 12.4. The number of ether oxygens (including phenoxy) is 1. The van der Waals surface area contributed by atoms with Crippen LogP contribution in [0.1, 0.15) is 18.4 Å². The number of hydrogen-bond acceptors (Lipinski definition) is 6. The van der Waals surface area contributed by atoms with Gasteiger partial charge in [-0.2, -0.15) is 5.10 Å². The molecule has 0 spiro atoms. The molecule has 1 aliphatic rings. The maximum absolute atomic E-state index is 5.68. The normalized spacial score (nSPS) is 18.4. The molecule has 0 aliphatic carbocycles. The number of hydrogen-bond donors (Lipinski definition) is 0. The second kappa shape index (κ2) is 7.86. The molecule has 5 nitrogen and oxygen atoms in total. The maximum Gasteiger partial charge on any atom is 0.206 e. The van der Waals surface area contributed by atoms with Gasteiger partial charge in [0.15, 0.2) is 0 Å².